The van der Waals surface area contributed by atoms with Gasteiger partial charge in [0.1, 0.15) is 11.5 Å². The Morgan fingerprint density at radius 1 is 0.923 bits per heavy atom. The third-order valence-corrected chi connectivity index (χ3v) is 3.39. The zero-order chi connectivity index (χ0) is 18.9. The van der Waals surface area contributed by atoms with Crippen LogP contribution >= 0.6 is 0 Å². The Labute approximate surface area is 154 Å². The Morgan fingerprint density at radius 3 is 2.12 bits per heavy atom. The van der Waals surface area contributed by atoms with Gasteiger partial charge in [-0.1, -0.05) is 18.2 Å². The number of carbonyl (C=O) groups is 2. The fraction of sp³-hybridized carbons (Fsp3) is 0.300. The van der Waals surface area contributed by atoms with Gasteiger partial charge in [0.25, 0.3) is 0 Å². The lowest BCUT2D eigenvalue weighted by Crippen LogP contribution is -2.41. The molecule has 138 valence electrons. The van der Waals surface area contributed by atoms with Crippen molar-refractivity contribution in [1.82, 2.24) is 10.2 Å². The third-order valence-electron chi connectivity index (χ3n) is 3.39. The Morgan fingerprint density at radius 2 is 1.50 bits per heavy atom. The maximum atomic E-state index is 12.1. The van der Waals surface area contributed by atoms with Crippen molar-refractivity contribution in [2.24, 2.45) is 0 Å². The van der Waals surface area contributed by atoms with E-state index in [1.807, 2.05) is 44.2 Å². The number of benzene rings is 2. The number of nitrogens with zero attached hydrogens (tertiary/aromatic N) is 1. The average molecular weight is 355 g/mol. The fourth-order valence-corrected chi connectivity index (χ4v) is 2.35. The van der Waals surface area contributed by atoms with Crippen LogP contribution in [0.15, 0.2) is 54.6 Å². The molecule has 2 aromatic carbocycles. The van der Waals surface area contributed by atoms with Crippen molar-refractivity contribution in [2.75, 3.05) is 25.5 Å². The number of nitrogens with one attached hydrogen (secondary N) is 2. The van der Waals surface area contributed by atoms with Crippen LogP contribution in [0.4, 0.5) is 5.69 Å². The normalized spacial score (nSPS) is 10.7. The van der Waals surface area contributed by atoms with Gasteiger partial charge in [-0.25, -0.2) is 0 Å². The first-order valence-corrected chi connectivity index (χ1v) is 8.53. The summed E-state index contributed by atoms with van der Waals surface area (Å²) in [4.78, 5) is 25.4. The minimum atomic E-state index is -0.179. The number of anilines is 1. The Hall–Kier alpha value is -2.86. The van der Waals surface area contributed by atoms with E-state index in [0.29, 0.717) is 11.4 Å². The molecule has 6 heteroatoms. The van der Waals surface area contributed by atoms with Gasteiger partial charge in [-0.05, 0) is 57.3 Å². The van der Waals surface area contributed by atoms with E-state index in [-0.39, 0.29) is 30.9 Å². The van der Waals surface area contributed by atoms with Crippen LogP contribution in [0.5, 0.6) is 11.5 Å². The molecule has 26 heavy (non-hydrogen) atoms. The predicted molar refractivity (Wildman–Crippen MR) is 102 cm³/mol. The molecule has 0 saturated carbocycles. The summed E-state index contributed by atoms with van der Waals surface area (Å²) >= 11 is 0. The minimum Gasteiger partial charge on any atom is -0.457 e. The first kappa shape index (κ1) is 19.5. The molecule has 0 unspecified atom stereocenters. The molecular weight excluding hydrogens is 330 g/mol. The van der Waals surface area contributed by atoms with Crippen LogP contribution in [0.2, 0.25) is 0 Å². The Kier molecular flexibility index (Phi) is 7.17. The highest BCUT2D eigenvalue weighted by Gasteiger charge is 2.11. The largest absolute Gasteiger partial charge is 0.457 e. The second kappa shape index (κ2) is 9.58. The van der Waals surface area contributed by atoms with E-state index in [1.54, 1.807) is 36.2 Å². The van der Waals surface area contributed by atoms with Crippen molar-refractivity contribution < 1.29 is 14.3 Å². The highest BCUT2D eigenvalue weighted by molar-refractivity contribution is 5.92. The molecule has 2 amide bonds. The quantitative estimate of drug-likeness (QED) is 0.764. The Bertz CT molecular complexity index is 715. The molecule has 0 aliphatic carbocycles. The van der Waals surface area contributed by atoms with E-state index in [4.69, 9.17) is 4.74 Å². The molecule has 0 saturated heterocycles. The summed E-state index contributed by atoms with van der Waals surface area (Å²) in [5, 5.41) is 5.61. The predicted octanol–water partition coefficient (Wildman–Crippen LogP) is 2.87. The molecule has 0 radical (unpaired) electrons. The lowest BCUT2D eigenvalue weighted by Gasteiger charge is -2.17. The van der Waals surface area contributed by atoms with E-state index in [0.717, 1.165) is 5.75 Å². The SMILES string of the molecule is CC(C)NC(=O)CN(C)CC(=O)Nc1ccc(Oc2ccccc2)cc1. The zero-order valence-electron chi connectivity index (χ0n) is 15.4. The molecule has 0 fully saturated rings. The second-order valence-electron chi connectivity index (χ2n) is 6.38. The summed E-state index contributed by atoms with van der Waals surface area (Å²) in [5.74, 6) is 1.17. The maximum absolute atomic E-state index is 12.1. The molecular formula is C20H25N3O3. The van der Waals surface area contributed by atoms with Gasteiger partial charge in [-0.2, -0.15) is 0 Å². The van der Waals surface area contributed by atoms with Crippen LogP contribution < -0.4 is 15.4 Å². The van der Waals surface area contributed by atoms with Gasteiger partial charge in [0.2, 0.25) is 11.8 Å². The van der Waals surface area contributed by atoms with Gasteiger partial charge in [0.15, 0.2) is 0 Å². The summed E-state index contributed by atoms with van der Waals surface area (Å²) in [6.45, 7) is 4.11. The molecule has 6 nitrogen and oxygen atoms in total. The number of likely N-dealkylation sites (N-methyl/N-ethyl adjacent to an activating group) is 1. The standard InChI is InChI=1S/C20H25N3O3/c1-15(2)21-19(24)13-23(3)14-20(25)22-16-9-11-18(12-10-16)26-17-7-5-4-6-8-17/h4-12,15H,13-14H2,1-3H3,(H,21,24)(H,22,25). The number of amides is 2. The van der Waals surface area contributed by atoms with E-state index in [2.05, 4.69) is 10.6 Å². The third kappa shape index (κ3) is 6.94. The smallest absolute Gasteiger partial charge is 0.238 e. The molecule has 0 atom stereocenters. The number of carbonyl (C=O) groups excluding carboxylic acids is 2. The van der Waals surface area contributed by atoms with E-state index in [1.165, 1.54) is 0 Å². The van der Waals surface area contributed by atoms with Crippen LogP contribution in [0.3, 0.4) is 0 Å². The van der Waals surface area contributed by atoms with Crippen molar-refractivity contribution in [2.45, 2.75) is 19.9 Å². The van der Waals surface area contributed by atoms with E-state index < -0.39 is 0 Å². The lowest BCUT2D eigenvalue weighted by molar-refractivity contribution is -0.123. The van der Waals surface area contributed by atoms with Crippen LogP contribution in [-0.2, 0) is 9.59 Å². The summed E-state index contributed by atoms with van der Waals surface area (Å²) in [5.41, 5.74) is 0.676. The summed E-state index contributed by atoms with van der Waals surface area (Å²) < 4.78 is 5.71. The molecule has 2 aromatic rings. The molecule has 0 aromatic heterocycles. The van der Waals surface area contributed by atoms with Crippen molar-refractivity contribution >= 4 is 17.5 Å². The average Bonchev–Trinajstić information content (AvgIpc) is 2.56. The van der Waals surface area contributed by atoms with Crippen molar-refractivity contribution in [1.29, 1.82) is 0 Å². The molecule has 2 N–H and O–H groups in total. The summed E-state index contributed by atoms with van der Waals surface area (Å²) in [7, 11) is 1.73. The van der Waals surface area contributed by atoms with Crippen LogP contribution in [0.1, 0.15) is 13.8 Å². The second-order valence-corrected chi connectivity index (χ2v) is 6.38. The van der Waals surface area contributed by atoms with Gasteiger partial charge >= 0.3 is 0 Å². The molecule has 0 aliphatic rings. The van der Waals surface area contributed by atoms with Gasteiger partial charge in [0, 0.05) is 11.7 Å². The van der Waals surface area contributed by atoms with Gasteiger partial charge in [-0.15, -0.1) is 0 Å². The fourth-order valence-electron chi connectivity index (χ4n) is 2.35. The first-order chi connectivity index (χ1) is 12.4. The van der Waals surface area contributed by atoms with Gasteiger partial charge < -0.3 is 15.4 Å². The highest BCUT2D eigenvalue weighted by atomic mass is 16.5. The number of ether oxygens (including phenoxy) is 1. The molecule has 0 spiro atoms. The van der Waals surface area contributed by atoms with Crippen molar-refractivity contribution in [3.8, 4) is 11.5 Å². The van der Waals surface area contributed by atoms with Crippen molar-refractivity contribution in [3.63, 3.8) is 0 Å². The van der Waals surface area contributed by atoms with Gasteiger partial charge in [0.05, 0.1) is 13.1 Å². The number of hydrogen-bond acceptors (Lipinski definition) is 4. The number of rotatable bonds is 8. The maximum Gasteiger partial charge on any atom is 0.238 e. The van der Waals surface area contributed by atoms with E-state index >= 15 is 0 Å². The summed E-state index contributed by atoms with van der Waals surface area (Å²) in [6.07, 6.45) is 0. The van der Waals surface area contributed by atoms with Crippen LogP contribution in [0, 0.1) is 0 Å². The lowest BCUT2D eigenvalue weighted by atomic mass is 10.3. The minimum absolute atomic E-state index is 0.0846. The monoisotopic (exact) mass is 355 g/mol. The first-order valence-electron chi connectivity index (χ1n) is 8.53. The van der Waals surface area contributed by atoms with Gasteiger partial charge in [-0.3, -0.25) is 14.5 Å². The highest BCUT2D eigenvalue weighted by Crippen LogP contribution is 2.22. The number of para-hydroxylation sites is 1. The van der Waals surface area contributed by atoms with Crippen LogP contribution in [-0.4, -0.2) is 42.9 Å². The topological polar surface area (TPSA) is 70.7 Å². The molecule has 2 rings (SSSR count). The van der Waals surface area contributed by atoms with E-state index in [9.17, 15) is 9.59 Å². The Balaban J connectivity index is 1.80. The molecule has 0 aliphatic heterocycles. The van der Waals surface area contributed by atoms with Crippen LogP contribution in [0.25, 0.3) is 0 Å². The molecule has 0 bridgehead atoms. The molecule has 0 heterocycles. The summed E-state index contributed by atoms with van der Waals surface area (Å²) in [6, 6.07) is 16.7. The van der Waals surface area contributed by atoms with Crippen molar-refractivity contribution in [3.05, 3.63) is 54.6 Å². The zero-order valence-corrected chi connectivity index (χ0v) is 15.4. The number of hydrogen-bond donors (Lipinski definition) is 2.